The van der Waals surface area contributed by atoms with Crippen molar-refractivity contribution in [3.05, 3.63) is 65.7 Å². The SMILES string of the molecule is CCN.Nc1ccc(CCNC(=O)C(O)c2ccccc2)cc1. The predicted octanol–water partition coefficient (Wildman–Crippen LogP) is 1.63. The quantitative estimate of drug-likeness (QED) is 0.630. The van der Waals surface area contributed by atoms with Crippen LogP contribution >= 0.6 is 0 Å². The summed E-state index contributed by atoms with van der Waals surface area (Å²) in [7, 11) is 0. The lowest BCUT2D eigenvalue weighted by Crippen LogP contribution is -2.30. The Bertz CT molecular complexity index is 571. The fourth-order valence-electron chi connectivity index (χ4n) is 1.90. The van der Waals surface area contributed by atoms with Crippen LogP contribution in [-0.2, 0) is 11.2 Å². The van der Waals surface area contributed by atoms with Crippen molar-refractivity contribution in [1.82, 2.24) is 5.32 Å². The van der Waals surface area contributed by atoms with E-state index in [0.717, 1.165) is 17.8 Å². The van der Waals surface area contributed by atoms with E-state index in [1.807, 2.05) is 37.3 Å². The number of nitrogens with two attached hydrogens (primary N) is 2. The van der Waals surface area contributed by atoms with E-state index in [9.17, 15) is 9.90 Å². The first-order chi connectivity index (χ1) is 11.1. The molecular weight excluding hydrogens is 290 g/mol. The van der Waals surface area contributed by atoms with Crippen LogP contribution in [0.5, 0.6) is 0 Å². The predicted molar refractivity (Wildman–Crippen MR) is 93.7 cm³/mol. The molecule has 0 fully saturated rings. The molecule has 23 heavy (non-hydrogen) atoms. The second-order valence-corrected chi connectivity index (χ2v) is 5.00. The lowest BCUT2D eigenvalue weighted by atomic mass is 10.1. The van der Waals surface area contributed by atoms with Gasteiger partial charge in [-0.1, -0.05) is 49.4 Å². The molecule has 1 amide bonds. The first-order valence-electron chi connectivity index (χ1n) is 7.63. The first kappa shape index (κ1) is 18.7. The number of benzene rings is 2. The smallest absolute Gasteiger partial charge is 0.253 e. The summed E-state index contributed by atoms with van der Waals surface area (Å²) in [5.41, 5.74) is 12.9. The molecule has 5 heteroatoms. The second kappa shape index (κ2) is 10.4. The topological polar surface area (TPSA) is 101 Å². The number of hydrogen-bond donors (Lipinski definition) is 4. The summed E-state index contributed by atoms with van der Waals surface area (Å²) in [6.45, 7) is 3.13. The zero-order valence-electron chi connectivity index (χ0n) is 13.4. The number of rotatable bonds is 5. The van der Waals surface area contributed by atoms with Crippen molar-refractivity contribution in [2.45, 2.75) is 19.4 Å². The first-order valence-corrected chi connectivity index (χ1v) is 7.63. The molecule has 0 aliphatic carbocycles. The van der Waals surface area contributed by atoms with Crippen molar-refractivity contribution in [3.8, 4) is 0 Å². The van der Waals surface area contributed by atoms with E-state index in [0.29, 0.717) is 18.5 Å². The van der Waals surface area contributed by atoms with Crippen LogP contribution in [0.15, 0.2) is 54.6 Å². The fraction of sp³-hybridized carbons (Fsp3) is 0.278. The lowest BCUT2D eigenvalue weighted by Gasteiger charge is -2.11. The normalized spacial score (nSPS) is 11.1. The number of amides is 1. The molecule has 1 unspecified atom stereocenters. The largest absolute Gasteiger partial charge is 0.399 e. The Morgan fingerprint density at radius 1 is 1.13 bits per heavy atom. The molecule has 0 radical (unpaired) electrons. The third-order valence-electron chi connectivity index (χ3n) is 3.06. The third kappa shape index (κ3) is 6.95. The van der Waals surface area contributed by atoms with E-state index in [1.54, 1.807) is 24.3 Å². The lowest BCUT2D eigenvalue weighted by molar-refractivity contribution is -0.129. The summed E-state index contributed by atoms with van der Waals surface area (Å²) in [5.74, 6) is -0.383. The number of hydrogen-bond acceptors (Lipinski definition) is 4. The van der Waals surface area contributed by atoms with Gasteiger partial charge < -0.3 is 21.9 Å². The van der Waals surface area contributed by atoms with E-state index in [-0.39, 0.29) is 5.91 Å². The van der Waals surface area contributed by atoms with E-state index in [2.05, 4.69) is 5.32 Å². The molecule has 0 spiro atoms. The van der Waals surface area contributed by atoms with Crippen LogP contribution in [0.25, 0.3) is 0 Å². The van der Waals surface area contributed by atoms with Crippen LogP contribution in [0.2, 0.25) is 0 Å². The van der Waals surface area contributed by atoms with E-state index in [1.165, 1.54) is 0 Å². The molecule has 0 aromatic heterocycles. The highest BCUT2D eigenvalue weighted by atomic mass is 16.3. The summed E-state index contributed by atoms with van der Waals surface area (Å²) in [5, 5.41) is 12.6. The Morgan fingerprint density at radius 2 is 1.70 bits per heavy atom. The van der Waals surface area contributed by atoms with E-state index in [4.69, 9.17) is 11.5 Å². The Hall–Kier alpha value is -2.37. The highest BCUT2D eigenvalue weighted by Crippen LogP contribution is 2.12. The van der Waals surface area contributed by atoms with Gasteiger partial charge in [0.2, 0.25) is 0 Å². The number of nitrogens with one attached hydrogen (secondary N) is 1. The molecule has 124 valence electrons. The number of nitrogen functional groups attached to an aromatic ring is 1. The highest BCUT2D eigenvalue weighted by Gasteiger charge is 2.15. The van der Waals surface area contributed by atoms with Gasteiger partial charge in [-0.3, -0.25) is 4.79 Å². The monoisotopic (exact) mass is 315 g/mol. The molecule has 2 rings (SSSR count). The number of carbonyl (C=O) groups is 1. The van der Waals surface area contributed by atoms with Gasteiger partial charge in [-0.15, -0.1) is 0 Å². The summed E-state index contributed by atoms with van der Waals surface area (Å²) in [6, 6.07) is 16.4. The Labute approximate surface area is 137 Å². The van der Waals surface area contributed by atoms with E-state index >= 15 is 0 Å². The molecule has 5 nitrogen and oxygen atoms in total. The standard InChI is InChI=1S/C16H18N2O2.C2H7N/c17-14-8-6-12(7-9-14)10-11-18-16(20)15(19)13-4-2-1-3-5-13;1-2-3/h1-9,15,19H,10-11,17H2,(H,18,20);2-3H2,1H3. The third-order valence-corrected chi connectivity index (χ3v) is 3.06. The van der Waals surface area contributed by atoms with Gasteiger partial charge in [0.15, 0.2) is 6.10 Å². The van der Waals surface area contributed by atoms with Crippen LogP contribution < -0.4 is 16.8 Å². The van der Waals surface area contributed by atoms with Gasteiger partial charge in [-0.2, -0.15) is 0 Å². The van der Waals surface area contributed by atoms with Gasteiger partial charge in [0.05, 0.1) is 0 Å². The molecule has 0 aliphatic heterocycles. The maximum atomic E-state index is 11.8. The Kier molecular flexibility index (Phi) is 8.42. The van der Waals surface area contributed by atoms with Crippen molar-refractivity contribution >= 4 is 11.6 Å². The molecular formula is C18H25N3O2. The van der Waals surface area contributed by atoms with Crippen LogP contribution in [0.1, 0.15) is 24.2 Å². The minimum atomic E-state index is -1.12. The highest BCUT2D eigenvalue weighted by molar-refractivity contribution is 5.81. The average molecular weight is 315 g/mol. The molecule has 0 saturated carbocycles. The summed E-state index contributed by atoms with van der Waals surface area (Å²) in [4.78, 5) is 11.8. The number of aliphatic hydroxyl groups is 1. The molecule has 0 saturated heterocycles. The van der Waals surface area contributed by atoms with Crippen LogP contribution in [0.3, 0.4) is 0 Å². The van der Waals surface area contributed by atoms with Gasteiger partial charge in [0.1, 0.15) is 0 Å². The van der Waals surface area contributed by atoms with Gasteiger partial charge in [0.25, 0.3) is 5.91 Å². The van der Waals surface area contributed by atoms with Gasteiger partial charge in [-0.25, -0.2) is 0 Å². The number of anilines is 1. The van der Waals surface area contributed by atoms with Crippen molar-refractivity contribution in [3.63, 3.8) is 0 Å². The minimum Gasteiger partial charge on any atom is -0.399 e. The van der Waals surface area contributed by atoms with E-state index < -0.39 is 6.10 Å². The van der Waals surface area contributed by atoms with Crippen molar-refractivity contribution in [2.75, 3.05) is 18.8 Å². The molecule has 0 bridgehead atoms. The number of carbonyl (C=O) groups excluding carboxylic acids is 1. The second-order valence-electron chi connectivity index (χ2n) is 5.00. The summed E-state index contributed by atoms with van der Waals surface area (Å²) < 4.78 is 0. The molecule has 0 aliphatic rings. The van der Waals surface area contributed by atoms with Crippen molar-refractivity contribution in [1.29, 1.82) is 0 Å². The van der Waals surface area contributed by atoms with Gasteiger partial charge >= 0.3 is 0 Å². The van der Waals surface area contributed by atoms with Crippen molar-refractivity contribution < 1.29 is 9.90 Å². The zero-order chi connectivity index (χ0) is 17.1. The molecule has 1 atom stereocenters. The molecule has 6 N–H and O–H groups in total. The fourth-order valence-corrected chi connectivity index (χ4v) is 1.90. The molecule has 2 aromatic carbocycles. The van der Waals surface area contributed by atoms with Crippen LogP contribution in [0.4, 0.5) is 5.69 Å². The number of aliphatic hydroxyl groups excluding tert-OH is 1. The Morgan fingerprint density at radius 3 is 2.26 bits per heavy atom. The zero-order valence-corrected chi connectivity index (χ0v) is 13.4. The maximum absolute atomic E-state index is 11.8. The van der Waals surface area contributed by atoms with Gasteiger partial charge in [-0.05, 0) is 36.2 Å². The molecule has 0 heterocycles. The maximum Gasteiger partial charge on any atom is 0.253 e. The van der Waals surface area contributed by atoms with Crippen LogP contribution in [0, 0.1) is 0 Å². The minimum absolute atomic E-state index is 0.383. The van der Waals surface area contributed by atoms with Crippen LogP contribution in [-0.4, -0.2) is 24.1 Å². The Balaban J connectivity index is 0.000000816. The van der Waals surface area contributed by atoms with Gasteiger partial charge in [0, 0.05) is 12.2 Å². The summed E-state index contributed by atoms with van der Waals surface area (Å²) >= 11 is 0. The average Bonchev–Trinajstić information content (AvgIpc) is 2.57. The van der Waals surface area contributed by atoms with Crippen molar-refractivity contribution in [2.24, 2.45) is 5.73 Å². The summed E-state index contributed by atoms with van der Waals surface area (Å²) in [6.07, 6.45) is -0.421. The molecule has 2 aromatic rings.